The summed E-state index contributed by atoms with van der Waals surface area (Å²) in [5.74, 6) is -0.589. The van der Waals surface area contributed by atoms with Crippen LogP contribution in [0.3, 0.4) is 0 Å². The zero-order valence-electron chi connectivity index (χ0n) is 13.2. The van der Waals surface area contributed by atoms with Crippen LogP contribution >= 0.6 is 15.9 Å². The molecule has 0 saturated carbocycles. The number of ether oxygens (including phenoxy) is 1. The third kappa shape index (κ3) is 3.26. The molecule has 0 aliphatic rings. The van der Waals surface area contributed by atoms with Crippen molar-refractivity contribution in [2.75, 3.05) is 6.61 Å². The van der Waals surface area contributed by atoms with Crippen LogP contribution in [0.2, 0.25) is 0 Å². The molecule has 0 radical (unpaired) electrons. The van der Waals surface area contributed by atoms with E-state index in [2.05, 4.69) is 15.9 Å². The molecule has 5 heteroatoms. The lowest BCUT2D eigenvalue weighted by Gasteiger charge is -2.13. The molecule has 24 heavy (non-hydrogen) atoms. The molecule has 3 rings (SSSR count). The Hall–Kier alpha value is -2.40. The van der Waals surface area contributed by atoms with Gasteiger partial charge in [-0.25, -0.2) is 4.79 Å². The normalized spacial score (nSPS) is 10.8. The first-order valence-electron chi connectivity index (χ1n) is 7.64. The third-order valence-corrected chi connectivity index (χ3v) is 4.23. The molecule has 0 N–H and O–H groups in total. The van der Waals surface area contributed by atoms with Crippen molar-refractivity contribution in [2.24, 2.45) is 0 Å². The van der Waals surface area contributed by atoms with Gasteiger partial charge in [-0.1, -0.05) is 46.3 Å². The van der Waals surface area contributed by atoms with E-state index < -0.39 is 5.97 Å². The third-order valence-electron chi connectivity index (χ3n) is 3.73. The van der Waals surface area contributed by atoms with Gasteiger partial charge >= 0.3 is 5.97 Å². The molecule has 0 unspecified atom stereocenters. The Morgan fingerprint density at radius 1 is 1.17 bits per heavy atom. The van der Waals surface area contributed by atoms with Crippen molar-refractivity contribution >= 4 is 32.8 Å². The van der Waals surface area contributed by atoms with Crippen LogP contribution in [0.4, 0.5) is 0 Å². The second kappa shape index (κ2) is 7.01. The summed E-state index contributed by atoms with van der Waals surface area (Å²) < 4.78 is 7.81. The van der Waals surface area contributed by atoms with Gasteiger partial charge in [-0.05, 0) is 30.7 Å². The van der Waals surface area contributed by atoms with E-state index >= 15 is 0 Å². The highest BCUT2D eigenvalue weighted by atomic mass is 79.9. The van der Waals surface area contributed by atoms with E-state index in [-0.39, 0.29) is 17.6 Å². The summed E-state index contributed by atoms with van der Waals surface area (Å²) in [5, 5.41) is 0.500. The van der Waals surface area contributed by atoms with Crippen LogP contribution in [-0.2, 0) is 11.3 Å². The highest BCUT2D eigenvalue weighted by Crippen LogP contribution is 2.20. The van der Waals surface area contributed by atoms with E-state index in [0.717, 1.165) is 15.6 Å². The van der Waals surface area contributed by atoms with Crippen LogP contribution in [0.25, 0.3) is 10.9 Å². The van der Waals surface area contributed by atoms with E-state index in [1.54, 1.807) is 25.3 Å². The van der Waals surface area contributed by atoms with Crippen molar-refractivity contribution in [2.45, 2.75) is 13.5 Å². The average Bonchev–Trinajstić information content (AvgIpc) is 2.58. The number of hydrogen-bond donors (Lipinski definition) is 0. The molecule has 0 aliphatic heterocycles. The lowest BCUT2D eigenvalue weighted by Crippen LogP contribution is -2.21. The highest BCUT2D eigenvalue weighted by molar-refractivity contribution is 9.10. The Balaban J connectivity index is 2.21. The number of hydrogen-bond acceptors (Lipinski definition) is 3. The molecule has 0 fully saturated rings. The Kier molecular flexibility index (Phi) is 4.81. The van der Waals surface area contributed by atoms with Crippen molar-refractivity contribution in [1.82, 2.24) is 4.57 Å². The van der Waals surface area contributed by atoms with Crippen LogP contribution in [-0.4, -0.2) is 17.1 Å². The Bertz CT molecular complexity index is 948. The molecule has 2 aromatic carbocycles. The molecule has 1 heterocycles. The average molecular weight is 386 g/mol. The smallest absolute Gasteiger partial charge is 0.343 e. The van der Waals surface area contributed by atoms with Crippen LogP contribution in [0, 0.1) is 0 Å². The van der Waals surface area contributed by atoms with Gasteiger partial charge in [-0.3, -0.25) is 4.79 Å². The summed E-state index contributed by atoms with van der Waals surface area (Å²) >= 11 is 3.44. The predicted molar refractivity (Wildman–Crippen MR) is 97.4 cm³/mol. The largest absolute Gasteiger partial charge is 0.462 e. The number of rotatable bonds is 4. The molecule has 0 saturated heterocycles. The van der Waals surface area contributed by atoms with E-state index in [0.29, 0.717) is 11.9 Å². The molecule has 122 valence electrons. The van der Waals surface area contributed by atoms with Gasteiger partial charge in [0.2, 0.25) is 5.43 Å². The second-order valence-corrected chi connectivity index (χ2v) is 6.28. The first-order chi connectivity index (χ1) is 11.6. The summed E-state index contributed by atoms with van der Waals surface area (Å²) in [6, 6.07) is 15.3. The summed E-state index contributed by atoms with van der Waals surface area (Å²) in [7, 11) is 0. The second-order valence-electron chi connectivity index (χ2n) is 5.37. The molecule has 4 nitrogen and oxygen atoms in total. The molecule has 1 aromatic heterocycles. The van der Waals surface area contributed by atoms with E-state index in [1.165, 1.54) is 0 Å². The minimum Gasteiger partial charge on any atom is -0.462 e. The van der Waals surface area contributed by atoms with Crippen LogP contribution < -0.4 is 5.43 Å². The monoisotopic (exact) mass is 385 g/mol. The van der Waals surface area contributed by atoms with E-state index in [1.807, 2.05) is 41.0 Å². The molecule has 0 aliphatic carbocycles. The van der Waals surface area contributed by atoms with Gasteiger partial charge in [-0.2, -0.15) is 0 Å². The Labute approximate surface area is 147 Å². The zero-order valence-corrected chi connectivity index (χ0v) is 14.7. The van der Waals surface area contributed by atoms with Gasteiger partial charge in [0.25, 0.3) is 0 Å². The SMILES string of the molecule is CCOC(=O)c1cn(Cc2ccccc2)c2cc(Br)ccc2c1=O. The van der Waals surface area contributed by atoms with E-state index in [9.17, 15) is 9.59 Å². The number of aromatic nitrogens is 1. The lowest BCUT2D eigenvalue weighted by atomic mass is 10.1. The van der Waals surface area contributed by atoms with Crippen LogP contribution in [0.15, 0.2) is 64.0 Å². The molecular formula is C19H16BrNO3. The molecule has 0 amide bonds. The van der Waals surface area contributed by atoms with Crippen molar-refractivity contribution < 1.29 is 9.53 Å². The summed E-state index contributed by atoms with van der Waals surface area (Å²) in [6.45, 7) is 2.51. The molecule has 0 atom stereocenters. The molecule has 3 aromatic rings. The minimum atomic E-state index is -0.589. The topological polar surface area (TPSA) is 48.3 Å². The lowest BCUT2D eigenvalue weighted by molar-refractivity contribution is 0.0524. The Morgan fingerprint density at radius 3 is 2.62 bits per heavy atom. The fourth-order valence-electron chi connectivity index (χ4n) is 2.63. The maximum absolute atomic E-state index is 12.6. The number of carbonyl (C=O) groups is 1. The first kappa shape index (κ1) is 16.5. The molecule has 0 bridgehead atoms. The Morgan fingerprint density at radius 2 is 1.92 bits per heavy atom. The highest BCUT2D eigenvalue weighted by Gasteiger charge is 2.16. The molecule has 0 spiro atoms. The van der Waals surface area contributed by atoms with E-state index in [4.69, 9.17) is 4.74 Å². The molecular weight excluding hydrogens is 370 g/mol. The standard InChI is InChI=1S/C19H16BrNO3/c1-2-24-19(23)16-12-21(11-13-6-4-3-5-7-13)17-10-14(20)8-9-15(17)18(16)22/h3-10,12H,2,11H2,1H3. The van der Waals surface area contributed by atoms with Gasteiger partial charge in [0.05, 0.1) is 12.1 Å². The van der Waals surface area contributed by atoms with Gasteiger partial charge in [0.15, 0.2) is 0 Å². The van der Waals surface area contributed by atoms with Crippen molar-refractivity contribution in [3.8, 4) is 0 Å². The predicted octanol–water partition coefficient (Wildman–Crippen LogP) is 3.99. The summed E-state index contributed by atoms with van der Waals surface area (Å²) in [4.78, 5) is 24.8. The van der Waals surface area contributed by atoms with Crippen molar-refractivity contribution in [3.63, 3.8) is 0 Å². The minimum absolute atomic E-state index is 0.0580. The zero-order chi connectivity index (χ0) is 17.1. The van der Waals surface area contributed by atoms with Crippen molar-refractivity contribution in [1.29, 1.82) is 0 Å². The summed E-state index contributed by atoms with van der Waals surface area (Å²) in [6.07, 6.45) is 1.59. The maximum atomic E-state index is 12.6. The number of pyridine rings is 1. The van der Waals surface area contributed by atoms with Gasteiger partial charge in [-0.15, -0.1) is 0 Å². The van der Waals surface area contributed by atoms with Crippen molar-refractivity contribution in [3.05, 3.63) is 80.6 Å². The van der Waals surface area contributed by atoms with Crippen LogP contribution in [0.1, 0.15) is 22.8 Å². The quantitative estimate of drug-likeness (QED) is 0.637. The fraction of sp³-hybridized carbons (Fsp3) is 0.158. The number of benzene rings is 2. The first-order valence-corrected chi connectivity index (χ1v) is 8.43. The van der Waals surface area contributed by atoms with Gasteiger partial charge in [0.1, 0.15) is 5.56 Å². The maximum Gasteiger partial charge on any atom is 0.343 e. The number of esters is 1. The number of fused-ring (bicyclic) bond motifs is 1. The number of nitrogens with zero attached hydrogens (tertiary/aromatic N) is 1. The summed E-state index contributed by atoms with van der Waals surface area (Å²) in [5.41, 5.74) is 1.60. The van der Waals surface area contributed by atoms with Gasteiger partial charge < -0.3 is 9.30 Å². The number of carbonyl (C=O) groups excluding carboxylic acids is 1. The fourth-order valence-corrected chi connectivity index (χ4v) is 2.98. The van der Waals surface area contributed by atoms with Crippen LogP contribution in [0.5, 0.6) is 0 Å². The number of halogens is 1. The van der Waals surface area contributed by atoms with Gasteiger partial charge in [0, 0.05) is 22.6 Å².